The van der Waals surface area contributed by atoms with Crippen molar-refractivity contribution < 1.29 is 28.6 Å². The minimum atomic E-state index is -0.810. The third-order valence-corrected chi connectivity index (χ3v) is 12.0. The van der Waals surface area contributed by atoms with E-state index in [1.807, 2.05) is 0 Å². The average molecular weight is 984 g/mol. The molecule has 0 aromatic carbocycles. The molecule has 0 aromatic heterocycles. The Morgan fingerprint density at radius 2 is 0.592 bits per heavy atom. The van der Waals surface area contributed by atoms with Gasteiger partial charge in [0.2, 0.25) is 0 Å². The van der Waals surface area contributed by atoms with E-state index >= 15 is 0 Å². The molecule has 0 aliphatic carbocycles. The summed E-state index contributed by atoms with van der Waals surface area (Å²) in [5.74, 6) is -0.966. The minimum absolute atomic E-state index is 0.105. The van der Waals surface area contributed by atoms with E-state index in [1.165, 1.54) is 64.2 Å². The molecule has 0 saturated carbocycles. The summed E-state index contributed by atoms with van der Waals surface area (Å²) in [4.78, 5) is 38.2. The van der Waals surface area contributed by atoms with Gasteiger partial charge in [0.25, 0.3) is 0 Å². The van der Waals surface area contributed by atoms with E-state index in [0.717, 1.165) is 148 Å². The van der Waals surface area contributed by atoms with Crippen LogP contribution in [0.1, 0.15) is 252 Å². The quantitative estimate of drug-likeness (QED) is 0.0199. The average Bonchev–Trinajstić information content (AvgIpc) is 3.37. The summed E-state index contributed by atoms with van der Waals surface area (Å²) in [5.41, 5.74) is 0. The van der Waals surface area contributed by atoms with Gasteiger partial charge in [0, 0.05) is 19.3 Å². The fraction of sp³-hybridized carbons (Fsp3) is 0.646. The van der Waals surface area contributed by atoms with Gasteiger partial charge in [0.15, 0.2) is 6.10 Å². The van der Waals surface area contributed by atoms with Gasteiger partial charge >= 0.3 is 17.9 Å². The van der Waals surface area contributed by atoms with Gasteiger partial charge in [-0.25, -0.2) is 0 Å². The van der Waals surface area contributed by atoms with Crippen LogP contribution in [-0.4, -0.2) is 37.2 Å². The molecule has 1 unspecified atom stereocenters. The second kappa shape index (κ2) is 58.4. The molecule has 0 saturated heterocycles. The van der Waals surface area contributed by atoms with Crippen LogP contribution in [0.25, 0.3) is 0 Å². The highest BCUT2D eigenvalue weighted by atomic mass is 16.6. The zero-order chi connectivity index (χ0) is 51.4. The molecular weight excluding hydrogens is 877 g/mol. The highest BCUT2D eigenvalue weighted by molar-refractivity contribution is 5.71. The maximum atomic E-state index is 12.9. The zero-order valence-corrected chi connectivity index (χ0v) is 45.9. The monoisotopic (exact) mass is 983 g/mol. The molecule has 0 aromatic rings. The van der Waals surface area contributed by atoms with E-state index in [1.54, 1.807) is 0 Å². The Labute approximate surface area is 437 Å². The van der Waals surface area contributed by atoms with Crippen molar-refractivity contribution in [3.8, 4) is 0 Å². The lowest BCUT2D eigenvalue weighted by Crippen LogP contribution is -2.30. The largest absolute Gasteiger partial charge is 0.462 e. The van der Waals surface area contributed by atoms with Crippen molar-refractivity contribution in [1.82, 2.24) is 0 Å². The third kappa shape index (κ3) is 56.6. The van der Waals surface area contributed by atoms with E-state index in [0.29, 0.717) is 19.3 Å². The van der Waals surface area contributed by atoms with Crippen LogP contribution in [-0.2, 0) is 28.6 Å². The summed E-state index contributed by atoms with van der Waals surface area (Å²) in [6.45, 7) is 6.36. The number of unbranched alkanes of at least 4 members (excludes halogenated alkanes) is 21. The number of hydrogen-bond acceptors (Lipinski definition) is 6. The van der Waals surface area contributed by atoms with Gasteiger partial charge in [-0.15, -0.1) is 0 Å². The van der Waals surface area contributed by atoms with Gasteiger partial charge in [-0.1, -0.05) is 232 Å². The van der Waals surface area contributed by atoms with E-state index in [9.17, 15) is 14.4 Å². The number of rotatable bonds is 51. The number of carbonyl (C=O) groups excluding carboxylic acids is 3. The lowest BCUT2D eigenvalue weighted by Gasteiger charge is -2.18. The summed E-state index contributed by atoms with van der Waals surface area (Å²) in [7, 11) is 0. The highest BCUT2D eigenvalue weighted by Gasteiger charge is 2.19. The molecule has 402 valence electrons. The molecule has 6 nitrogen and oxygen atoms in total. The Kier molecular flexibility index (Phi) is 54.9. The van der Waals surface area contributed by atoms with Crippen LogP contribution in [0.15, 0.2) is 122 Å². The van der Waals surface area contributed by atoms with Crippen molar-refractivity contribution in [2.24, 2.45) is 0 Å². The van der Waals surface area contributed by atoms with Gasteiger partial charge < -0.3 is 14.2 Å². The minimum Gasteiger partial charge on any atom is -0.462 e. The molecule has 0 aliphatic rings. The topological polar surface area (TPSA) is 78.9 Å². The predicted molar refractivity (Wildman–Crippen MR) is 306 cm³/mol. The fourth-order valence-electron chi connectivity index (χ4n) is 7.65. The summed E-state index contributed by atoms with van der Waals surface area (Å²) < 4.78 is 16.8. The van der Waals surface area contributed by atoms with Gasteiger partial charge in [-0.3, -0.25) is 14.4 Å². The van der Waals surface area contributed by atoms with Crippen molar-refractivity contribution in [3.63, 3.8) is 0 Å². The molecule has 0 fully saturated rings. The molecular formula is C65H106O6. The first-order chi connectivity index (χ1) is 35.0. The summed E-state index contributed by atoms with van der Waals surface area (Å²) in [6, 6.07) is 0. The van der Waals surface area contributed by atoms with Crippen LogP contribution in [0, 0.1) is 0 Å². The van der Waals surface area contributed by atoms with Crippen LogP contribution >= 0.6 is 0 Å². The maximum absolute atomic E-state index is 12.9. The van der Waals surface area contributed by atoms with E-state index in [2.05, 4.69) is 142 Å². The van der Waals surface area contributed by atoms with E-state index in [4.69, 9.17) is 14.2 Å². The van der Waals surface area contributed by atoms with Crippen molar-refractivity contribution >= 4 is 17.9 Å². The van der Waals surface area contributed by atoms with Gasteiger partial charge in [-0.2, -0.15) is 0 Å². The summed E-state index contributed by atoms with van der Waals surface area (Å²) in [6.07, 6.45) is 80.4. The van der Waals surface area contributed by atoms with Crippen molar-refractivity contribution in [2.75, 3.05) is 13.2 Å². The molecule has 0 spiro atoms. The number of carbonyl (C=O) groups is 3. The first kappa shape index (κ1) is 66.8. The molecule has 0 aliphatic heterocycles. The standard InChI is InChI=1S/C65H106O6/c1-4-7-10-13-16-19-22-25-28-31-33-35-37-40-43-46-49-52-55-58-64(67)70-61-62(60-69-63(66)57-54-51-48-45-42-39-36-30-27-24-21-18-15-12-9-6-3)71-65(68)59-56-53-50-47-44-41-38-34-32-29-26-23-20-17-14-11-8-5-2/h7,9-10,12,16,18-19,21,25,27-30,32-35,38-39,42,62H,4-6,8,11,13-15,17,20,22-24,26,31,36-37,40-41,43-61H2,1-3H3/b10-7-,12-9-,19-16-,21-18-,28-25-,30-27-,32-29-,35-33-,38-34-,42-39-. The Balaban J connectivity index is 4.51. The van der Waals surface area contributed by atoms with Crippen LogP contribution in [0.4, 0.5) is 0 Å². The van der Waals surface area contributed by atoms with E-state index < -0.39 is 6.10 Å². The van der Waals surface area contributed by atoms with Crippen LogP contribution in [0.3, 0.4) is 0 Å². The second-order valence-corrected chi connectivity index (χ2v) is 18.8. The van der Waals surface area contributed by atoms with Crippen molar-refractivity contribution in [1.29, 1.82) is 0 Å². The third-order valence-electron chi connectivity index (χ3n) is 12.0. The van der Waals surface area contributed by atoms with Gasteiger partial charge in [0.05, 0.1) is 0 Å². The molecule has 0 amide bonds. The smallest absolute Gasteiger partial charge is 0.306 e. The van der Waals surface area contributed by atoms with Crippen LogP contribution in [0.2, 0.25) is 0 Å². The molecule has 0 rings (SSSR count). The maximum Gasteiger partial charge on any atom is 0.306 e. The first-order valence-corrected chi connectivity index (χ1v) is 29.1. The highest BCUT2D eigenvalue weighted by Crippen LogP contribution is 2.14. The molecule has 71 heavy (non-hydrogen) atoms. The number of hydrogen-bond donors (Lipinski definition) is 0. The molecule has 6 heteroatoms. The Morgan fingerprint density at radius 3 is 0.958 bits per heavy atom. The van der Waals surface area contributed by atoms with Crippen LogP contribution < -0.4 is 0 Å². The summed E-state index contributed by atoms with van der Waals surface area (Å²) >= 11 is 0. The Bertz CT molecular complexity index is 1500. The van der Waals surface area contributed by atoms with Crippen molar-refractivity contribution in [3.05, 3.63) is 122 Å². The zero-order valence-electron chi connectivity index (χ0n) is 45.9. The Morgan fingerprint density at radius 1 is 0.310 bits per heavy atom. The number of allylic oxidation sites excluding steroid dienone is 20. The molecule has 0 heterocycles. The normalized spacial score (nSPS) is 13.0. The van der Waals surface area contributed by atoms with Gasteiger partial charge in [0.1, 0.15) is 13.2 Å². The molecule has 0 bridgehead atoms. The molecule has 0 N–H and O–H groups in total. The van der Waals surface area contributed by atoms with E-state index in [-0.39, 0.29) is 31.1 Å². The lowest BCUT2D eigenvalue weighted by molar-refractivity contribution is -0.167. The van der Waals surface area contributed by atoms with Gasteiger partial charge in [-0.05, 0) is 122 Å². The second-order valence-electron chi connectivity index (χ2n) is 18.8. The summed E-state index contributed by atoms with van der Waals surface area (Å²) in [5, 5.41) is 0. The lowest BCUT2D eigenvalue weighted by atomic mass is 10.1. The molecule has 1 atom stereocenters. The first-order valence-electron chi connectivity index (χ1n) is 29.1. The SMILES string of the molecule is CC/C=C\C/C=C\C/C=C\C/C=C\CCCCCCCCC(=O)OCC(COC(=O)CCCCC/C=C\C/C=C\C/C=C\C/C=C\CC)OC(=O)CCCCCCC/C=C\C=C/CCCCCCCCC. The molecule has 0 radical (unpaired) electrons. The van der Waals surface area contributed by atoms with Crippen molar-refractivity contribution in [2.45, 2.75) is 258 Å². The number of esters is 3. The Hall–Kier alpha value is -4.19. The van der Waals surface area contributed by atoms with Crippen LogP contribution in [0.5, 0.6) is 0 Å². The fourth-order valence-corrected chi connectivity index (χ4v) is 7.65. The number of ether oxygens (including phenoxy) is 3. The predicted octanol–water partition coefficient (Wildman–Crippen LogP) is 19.6.